The molecule has 0 bridgehead atoms. The van der Waals surface area contributed by atoms with E-state index in [0.29, 0.717) is 34.9 Å². The molecule has 4 N–H and O–H groups in total. The van der Waals surface area contributed by atoms with Crippen LogP contribution in [-0.2, 0) is 11.3 Å². The first-order valence-corrected chi connectivity index (χ1v) is 11.5. The van der Waals surface area contributed by atoms with Crippen LogP contribution in [0.3, 0.4) is 0 Å². The van der Waals surface area contributed by atoms with Crippen molar-refractivity contribution in [2.45, 2.75) is 19.0 Å². The van der Waals surface area contributed by atoms with Crippen LogP contribution in [-0.4, -0.2) is 51.8 Å². The zero-order valence-corrected chi connectivity index (χ0v) is 20.5. The number of aliphatic carboxylic acids is 1. The number of carbonyl (C=O) groups is 3. The number of nitrogens with zero attached hydrogens (tertiary/aromatic N) is 3. The number of hydrogen-bond acceptors (Lipinski definition) is 7. The van der Waals surface area contributed by atoms with Gasteiger partial charge in [-0.2, -0.15) is 0 Å². The second kappa shape index (κ2) is 11.1. The Hall–Kier alpha value is -4.44. The van der Waals surface area contributed by atoms with Gasteiger partial charge in [-0.25, -0.2) is 0 Å². The van der Waals surface area contributed by atoms with Gasteiger partial charge < -0.3 is 26.0 Å². The second-order valence-electron chi connectivity index (χ2n) is 8.52. The summed E-state index contributed by atoms with van der Waals surface area (Å²) in [4.78, 5) is 47.6. The van der Waals surface area contributed by atoms with Gasteiger partial charge >= 0.3 is 5.97 Å². The number of aromatic nitrogens is 1. The van der Waals surface area contributed by atoms with Gasteiger partial charge in [-0.3, -0.25) is 24.4 Å². The predicted molar refractivity (Wildman–Crippen MR) is 141 cm³/mol. The summed E-state index contributed by atoms with van der Waals surface area (Å²) < 4.78 is 0. The molecule has 0 saturated heterocycles. The van der Waals surface area contributed by atoms with Crippen molar-refractivity contribution in [2.24, 2.45) is 4.99 Å². The zero-order chi connectivity index (χ0) is 25.1. The van der Waals surface area contributed by atoms with Gasteiger partial charge in [0.1, 0.15) is 0 Å². The number of guanidine groups is 1. The van der Waals surface area contributed by atoms with E-state index in [-0.39, 0.29) is 37.2 Å². The Kier molecular flexibility index (Phi) is 7.69. The first-order valence-electron chi connectivity index (χ1n) is 11.5. The fraction of sp³-hybridized carbons (Fsp3) is 0.192. The molecule has 2 aliphatic heterocycles. The molecule has 0 radical (unpaired) electrons. The minimum atomic E-state index is -0.999. The number of anilines is 2. The van der Waals surface area contributed by atoms with Gasteiger partial charge in [-0.1, -0.05) is 12.1 Å². The smallest absolute Gasteiger partial charge is 0.305 e. The van der Waals surface area contributed by atoms with Crippen molar-refractivity contribution in [3.05, 3.63) is 89.2 Å². The van der Waals surface area contributed by atoms with Crippen molar-refractivity contribution >= 4 is 47.5 Å². The summed E-state index contributed by atoms with van der Waals surface area (Å²) in [5, 5.41) is 18.6. The lowest BCUT2D eigenvalue weighted by atomic mass is 10.0. The van der Waals surface area contributed by atoms with Crippen LogP contribution in [0, 0.1) is 0 Å². The standard InChI is InChI=1S/C26H24N6O4.ClH/c33-23(34)14-22(16-6-8-27-9-7-16)32-15-18-4-5-20(13-21(18)25(32)36)30-24(35)17-2-1-3-19(12-17)31-26-28-10-11-29-26;/h1-9,12-13,22H,10-11,14-15H2,(H,30,35)(H,33,34)(H2,28,29,31);1H. The van der Waals surface area contributed by atoms with Gasteiger partial charge in [0.25, 0.3) is 11.8 Å². The maximum atomic E-state index is 13.3. The fourth-order valence-electron chi connectivity index (χ4n) is 4.37. The molecular formula is C26H25ClN6O4. The molecule has 190 valence electrons. The molecule has 3 aromatic rings. The highest BCUT2D eigenvalue weighted by atomic mass is 35.5. The lowest BCUT2D eigenvalue weighted by molar-refractivity contribution is -0.138. The highest BCUT2D eigenvalue weighted by Gasteiger charge is 2.35. The number of carboxylic acid groups (broad SMARTS) is 1. The van der Waals surface area contributed by atoms with E-state index >= 15 is 0 Å². The van der Waals surface area contributed by atoms with E-state index in [2.05, 4.69) is 25.9 Å². The van der Waals surface area contributed by atoms with Crippen molar-refractivity contribution in [2.75, 3.05) is 23.7 Å². The van der Waals surface area contributed by atoms with Gasteiger partial charge in [-0.15, -0.1) is 12.4 Å². The molecule has 1 aromatic heterocycles. The first-order chi connectivity index (χ1) is 17.5. The van der Waals surface area contributed by atoms with Gasteiger partial charge in [0, 0.05) is 48.0 Å². The van der Waals surface area contributed by atoms with E-state index < -0.39 is 12.0 Å². The Bertz CT molecular complexity index is 1360. The summed E-state index contributed by atoms with van der Waals surface area (Å²) >= 11 is 0. The fourth-order valence-corrected chi connectivity index (χ4v) is 4.37. The van der Waals surface area contributed by atoms with Crippen LogP contribution in [0.4, 0.5) is 11.4 Å². The third-order valence-electron chi connectivity index (χ3n) is 6.10. The number of pyridine rings is 1. The number of carbonyl (C=O) groups excluding carboxylic acids is 2. The number of carboxylic acids is 1. The summed E-state index contributed by atoms with van der Waals surface area (Å²) in [5.74, 6) is -0.925. The molecule has 10 nitrogen and oxygen atoms in total. The number of aliphatic imine (C=N–C) groups is 1. The lowest BCUT2D eigenvalue weighted by Crippen LogP contribution is -2.30. The van der Waals surface area contributed by atoms with Crippen molar-refractivity contribution < 1.29 is 19.5 Å². The van der Waals surface area contributed by atoms with Gasteiger partial charge in [-0.05, 0) is 53.6 Å². The number of benzene rings is 2. The van der Waals surface area contributed by atoms with E-state index in [0.717, 1.165) is 17.8 Å². The molecule has 1 unspecified atom stereocenters. The van der Waals surface area contributed by atoms with E-state index in [1.807, 2.05) is 6.07 Å². The SMILES string of the molecule is Cl.O=C(O)CC(c1ccncc1)N1Cc2ccc(NC(=O)c3cccc(NC4=NCCN4)c3)cc2C1=O. The zero-order valence-electron chi connectivity index (χ0n) is 19.7. The van der Waals surface area contributed by atoms with Crippen molar-refractivity contribution in [3.63, 3.8) is 0 Å². The number of hydrogen-bond donors (Lipinski definition) is 4. The average Bonchev–Trinajstić information content (AvgIpc) is 3.51. The highest BCUT2D eigenvalue weighted by Crippen LogP contribution is 2.34. The molecule has 11 heteroatoms. The Morgan fingerprint density at radius 2 is 1.89 bits per heavy atom. The molecule has 2 aromatic carbocycles. The molecular weight excluding hydrogens is 496 g/mol. The maximum Gasteiger partial charge on any atom is 0.305 e. The van der Waals surface area contributed by atoms with Gasteiger partial charge in [0.15, 0.2) is 5.96 Å². The molecule has 2 amide bonds. The van der Waals surface area contributed by atoms with E-state index in [9.17, 15) is 19.5 Å². The second-order valence-corrected chi connectivity index (χ2v) is 8.52. The molecule has 0 aliphatic carbocycles. The predicted octanol–water partition coefficient (Wildman–Crippen LogP) is 3.30. The molecule has 37 heavy (non-hydrogen) atoms. The number of halogens is 1. The van der Waals surface area contributed by atoms with Crippen LogP contribution in [0.2, 0.25) is 0 Å². The maximum absolute atomic E-state index is 13.3. The lowest BCUT2D eigenvalue weighted by Gasteiger charge is -2.26. The van der Waals surface area contributed by atoms with E-state index in [1.165, 1.54) is 0 Å². The third-order valence-corrected chi connectivity index (χ3v) is 6.10. The Labute approximate surface area is 219 Å². The van der Waals surface area contributed by atoms with Gasteiger partial charge in [0.2, 0.25) is 0 Å². The summed E-state index contributed by atoms with van der Waals surface area (Å²) in [7, 11) is 0. The molecule has 0 saturated carbocycles. The summed E-state index contributed by atoms with van der Waals surface area (Å²) in [6.45, 7) is 1.77. The molecule has 2 aliphatic rings. The number of amides is 2. The minimum Gasteiger partial charge on any atom is -0.481 e. The average molecular weight is 521 g/mol. The summed E-state index contributed by atoms with van der Waals surface area (Å²) in [6.07, 6.45) is 2.93. The van der Waals surface area contributed by atoms with Crippen molar-refractivity contribution in [3.8, 4) is 0 Å². The van der Waals surface area contributed by atoms with Crippen LogP contribution >= 0.6 is 12.4 Å². The van der Waals surface area contributed by atoms with Crippen LogP contribution in [0.5, 0.6) is 0 Å². The topological polar surface area (TPSA) is 136 Å². The molecule has 0 fully saturated rings. The van der Waals surface area contributed by atoms with Gasteiger partial charge in [0.05, 0.1) is 19.0 Å². The third kappa shape index (κ3) is 5.70. The van der Waals surface area contributed by atoms with Crippen LogP contribution in [0.15, 0.2) is 72.0 Å². The molecule has 1 atom stereocenters. The highest BCUT2D eigenvalue weighted by molar-refractivity contribution is 6.07. The minimum absolute atomic E-state index is 0. The van der Waals surface area contributed by atoms with Crippen LogP contribution < -0.4 is 16.0 Å². The summed E-state index contributed by atoms with van der Waals surface area (Å²) in [5.41, 5.74) is 3.58. The van der Waals surface area contributed by atoms with Crippen molar-refractivity contribution in [1.29, 1.82) is 0 Å². The number of nitrogens with one attached hydrogen (secondary N) is 3. The molecule has 3 heterocycles. The van der Waals surface area contributed by atoms with E-state index in [4.69, 9.17) is 0 Å². The number of fused-ring (bicyclic) bond motifs is 1. The summed E-state index contributed by atoms with van der Waals surface area (Å²) in [6, 6.07) is 15.0. The largest absolute Gasteiger partial charge is 0.481 e. The van der Waals surface area contributed by atoms with Crippen LogP contribution in [0.25, 0.3) is 0 Å². The first kappa shape index (κ1) is 25.6. The van der Waals surface area contributed by atoms with Crippen molar-refractivity contribution in [1.82, 2.24) is 15.2 Å². The Morgan fingerprint density at radius 3 is 2.62 bits per heavy atom. The number of rotatable bonds is 7. The Balaban J connectivity index is 0.00000320. The normalized spacial score (nSPS) is 14.6. The Morgan fingerprint density at radius 1 is 1.08 bits per heavy atom. The van der Waals surface area contributed by atoms with Crippen LogP contribution in [0.1, 0.15) is 44.3 Å². The quantitative estimate of drug-likeness (QED) is 0.375. The molecule has 0 spiro atoms. The van der Waals surface area contributed by atoms with E-state index in [1.54, 1.807) is 65.8 Å². The molecule has 5 rings (SSSR count). The monoisotopic (exact) mass is 520 g/mol.